The Balaban J connectivity index is 3.27. The van der Waals surface area contributed by atoms with E-state index in [-0.39, 0.29) is 5.91 Å². The van der Waals surface area contributed by atoms with Gasteiger partial charge in [-0.15, -0.1) is 0 Å². The topological polar surface area (TPSA) is 29.1 Å². The number of benzene rings is 1. The van der Waals surface area contributed by atoms with E-state index < -0.39 is 0 Å². The van der Waals surface area contributed by atoms with Crippen molar-refractivity contribution in [3.63, 3.8) is 0 Å². The van der Waals surface area contributed by atoms with E-state index >= 15 is 0 Å². The monoisotopic (exact) mass is 209 g/mol. The summed E-state index contributed by atoms with van der Waals surface area (Å²) in [6, 6.07) is 3.80. The Labute approximate surface area is 89.9 Å². The molecule has 74 valence electrons. The van der Waals surface area contributed by atoms with Crippen LogP contribution in [0.1, 0.15) is 15.9 Å². The lowest BCUT2D eigenvalue weighted by molar-refractivity contribution is 0.0962. The fourth-order valence-corrected chi connectivity index (χ4v) is 1.55. The van der Waals surface area contributed by atoms with Crippen LogP contribution in [0.25, 0.3) is 0 Å². The maximum atomic E-state index is 11.5. The van der Waals surface area contributed by atoms with Crippen molar-refractivity contribution in [3.8, 4) is 0 Å². The lowest BCUT2D eigenvalue weighted by Crippen LogP contribution is -2.22. The normalized spacial score (nSPS) is 9.71. The largest absolute Gasteiger partial charge is 0.355 e. The van der Waals surface area contributed by atoms with Gasteiger partial charge in [-0.05, 0) is 18.6 Å². The van der Waals surface area contributed by atoms with Gasteiger partial charge in [0.05, 0.1) is 0 Å². The van der Waals surface area contributed by atoms with Gasteiger partial charge in [0.15, 0.2) is 7.28 Å². The molecule has 1 aromatic carbocycles. The molecule has 0 heterocycles. The van der Waals surface area contributed by atoms with E-state index in [2.05, 4.69) is 5.32 Å². The van der Waals surface area contributed by atoms with Crippen LogP contribution in [0, 0.1) is 6.92 Å². The number of rotatable bonds is 2. The fourth-order valence-electron chi connectivity index (χ4n) is 1.31. The van der Waals surface area contributed by atoms with Crippen molar-refractivity contribution in [1.82, 2.24) is 5.32 Å². The standard InChI is InChI=1S/C10H13BClNO/c1-6-8(10(14)13-3)4-7(11-2)5-9(6)12/h4-5,11H,1-3H3,(H,13,14). The number of nitrogens with one attached hydrogen (secondary N) is 1. The van der Waals surface area contributed by atoms with Gasteiger partial charge in [0.1, 0.15) is 0 Å². The van der Waals surface area contributed by atoms with E-state index in [0.717, 1.165) is 18.3 Å². The molecule has 4 heteroatoms. The molecule has 1 rings (SSSR count). The summed E-state index contributed by atoms with van der Waals surface area (Å²) >= 11 is 6.02. The number of amides is 1. The van der Waals surface area contributed by atoms with Crippen LogP contribution < -0.4 is 10.8 Å². The highest BCUT2D eigenvalue weighted by Gasteiger charge is 2.10. The van der Waals surface area contributed by atoms with Crippen molar-refractivity contribution >= 4 is 30.3 Å². The number of hydrogen-bond acceptors (Lipinski definition) is 1. The summed E-state index contributed by atoms with van der Waals surface area (Å²) in [4.78, 5) is 11.5. The zero-order chi connectivity index (χ0) is 10.7. The Hall–Kier alpha value is -0.955. The van der Waals surface area contributed by atoms with Crippen LogP contribution in [-0.2, 0) is 0 Å². The van der Waals surface area contributed by atoms with E-state index in [1.54, 1.807) is 7.05 Å². The number of carbonyl (C=O) groups is 1. The van der Waals surface area contributed by atoms with Crippen molar-refractivity contribution in [3.05, 3.63) is 28.3 Å². The second-order valence-corrected chi connectivity index (χ2v) is 3.59. The van der Waals surface area contributed by atoms with E-state index in [1.165, 1.54) is 0 Å². The molecule has 0 bridgehead atoms. The summed E-state index contributed by atoms with van der Waals surface area (Å²) < 4.78 is 0. The third-order valence-corrected chi connectivity index (χ3v) is 2.68. The molecule has 0 radical (unpaired) electrons. The summed E-state index contributed by atoms with van der Waals surface area (Å²) in [6.45, 7) is 3.89. The third kappa shape index (κ3) is 2.10. The molecule has 1 amide bonds. The van der Waals surface area contributed by atoms with Gasteiger partial charge in [-0.2, -0.15) is 0 Å². The summed E-state index contributed by atoms with van der Waals surface area (Å²) in [5.41, 5.74) is 2.58. The van der Waals surface area contributed by atoms with Crippen LogP contribution in [-0.4, -0.2) is 20.2 Å². The zero-order valence-corrected chi connectivity index (χ0v) is 9.40. The molecule has 2 nitrogen and oxygen atoms in total. The van der Waals surface area contributed by atoms with Crippen molar-refractivity contribution in [1.29, 1.82) is 0 Å². The highest BCUT2D eigenvalue weighted by molar-refractivity contribution is 6.52. The molecule has 0 unspecified atom stereocenters. The summed E-state index contributed by atoms with van der Waals surface area (Å²) in [7, 11) is 2.50. The lowest BCUT2D eigenvalue weighted by atomic mass is 9.72. The molecule has 0 aliphatic carbocycles. The zero-order valence-electron chi connectivity index (χ0n) is 8.65. The highest BCUT2D eigenvalue weighted by Crippen LogP contribution is 2.17. The van der Waals surface area contributed by atoms with Crippen molar-refractivity contribution in [2.45, 2.75) is 13.7 Å². The van der Waals surface area contributed by atoms with Crippen LogP contribution in [0.15, 0.2) is 12.1 Å². The Morgan fingerprint density at radius 1 is 1.50 bits per heavy atom. The molecule has 1 N–H and O–H groups in total. The minimum Gasteiger partial charge on any atom is -0.355 e. The molecule has 0 spiro atoms. The summed E-state index contributed by atoms with van der Waals surface area (Å²) in [5, 5.41) is 3.26. The molecule has 1 aromatic rings. The maximum absolute atomic E-state index is 11.5. The average molecular weight is 209 g/mol. The first-order chi connectivity index (χ1) is 6.60. The Morgan fingerprint density at radius 3 is 2.64 bits per heavy atom. The molecule has 0 fully saturated rings. The van der Waals surface area contributed by atoms with Gasteiger partial charge in [0.25, 0.3) is 5.91 Å². The Bertz CT molecular complexity index is 365. The van der Waals surface area contributed by atoms with Gasteiger partial charge in [0.2, 0.25) is 0 Å². The van der Waals surface area contributed by atoms with Gasteiger partial charge in [-0.3, -0.25) is 4.79 Å². The molecule has 0 atom stereocenters. The molecular formula is C10H13BClNO. The minimum atomic E-state index is -0.0836. The molecule has 14 heavy (non-hydrogen) atoms. The van der Waals surface area contributed by atoms with E-state index in [1.807, 2.05) is 25.9 Å². The van der Waals surface area contributed by atoms with Gasteiger partial charge in [0, 0.05) is 17.6 Å². The highest BCUT2D eigenvalue weighted by atomic mass is 35.5. The SMILES string of the molecule is CBc1cc(Cl)c(C)c(C(=O)NC)c1. The second-order valence-electron chi connectivity index (χ2n) is 3.18. The smallest absolute Gasteiger partial charge is 0.251 e. The predicted octanol–water partition coefficient (Wildman–Crippen LogP) is 1.12. The molecular weight excluding hydrogens is 196 g/mol. The molecule has 0 aliphatic heterocycles. The van der Waals surface area contributed by atoms with Crippen molar-refractivity contribution in [2.24, 2.45) is 0 Å². The first kappa shape index (κ1) is 11.1. The quantitative estimate of drug-likeness (QED) is 0.727. The maximum Gasteiger partial charge on any atom is 0.251 e. The first-order valence-electron chi connectivity index (χ1n) is 4.61. The number of hydrogen-bond donors (Lipinski definition) is 1. The Morgan fingerprint density at radius 2 is 2.14 bits per heavy atom. The van der Waals surface area contributed by atoms with Gasteiger partial charge >= 0.3 is 0 Å². The average Bonchev–Trinajstić information content (AvgIpc) is 2.20. The van der Waals surface area contributed by atoms with E-state index in [9.17, 15) is 4.79 Å². The molecule has 0 aliphatic rings. The van der Waals surface area contributed by atoms with E-state index in [0.29, 0.717) is 10.6 Å². The predicted molar refractivity (Wildman–Crippen MR) is 62.2 cm³/mol. The summed E-state index contributed by atoms with van der Waals surface area (Å²) in [5.74, 6) is -0.0836. The fraction of sp³-hybridized carbons (Fsp3) is 0.300. The first-order valence-corrected chi connectivity index (χ1v) is 4.99. The summed E-state index contributed by atoms with van der Waals surface area (Å²) in [6.07, 6.45) is 0. The van der Waals surface area contributed by atoms with Crippen LogP contribution in [0.2, 0.25) is 11.8 Å². The van der Waals surface area contributed by atoms with Crippen molar-refractivity contribution in [2.75, 3.05) is 7.05 Å². The number of halogens is 1. The van der Waals surface area contributed by atoms with Crippen LogP contribution in [0.3, 0.4) is 0 Å². The number of carbonyl (C=O) groups excluding carboxylic acids is 1. The van der Waals surface area contributed by atoms with Gasteiger partial charge in [-0.25, -0.2) is 0 Å². The lowest BCUT2D eigenvalue weighted by Gasteiger charge is -2.08. The van der Waals surface area contributed by atoms with Crippen molar-refractivity contribution < 1.29 is 4.79 Å². The van der Waals surface area contributed by atoms with E-state index in [4.69, 9.17) is 11.6 Å². The molecule has 0 saturated carbocycles. The molecule has 0 saturated heterocycles. The van der Waals surface area contributed by atoms with Gasteiger partial charge in [-0.1, -0.05) is 30.0 Å². The van der Waals surface area contributed by atoms with Crippen LogP contribution in [0.4, 0.5) is 0 Å². The molecule has 0 aromatic heterocycles. The third-order valence-electron chi connectivity index (χ3n) is 2.28. The Kier molecular flexibility index (Phi) is 3.58. The van der Waals surface area contributed by atoms with Crippen LogP contribution in [0.5, 0.6) is 0 Å². The van der Waals surface area contributed by atoms with Gasteiger partial charge < -0.3 is 5.32 Å². The minimum absolute atomic E-state index is 0.0836. The van der Waals surface area contributed by atoms with Crippen LogP contribution >= 0.6 is 11.6 Å². The second kappa shape index (κ2) is 4.51.